The molecule has 0 aromatic heterocycles. The van der Waals surface area contributed by atoms with Crippen molar-refractivity contribution in [2.75, 3.05) is 6.54 Å². The Bertz CT molecular complexity index is 177. The molecule has 1 atom stereocenters. The second-order valence-electron chi connectivity index (χ2n) is 3.13. The van der Waals surface area contributed by atoms with Crippen molar-refractivity contribution >= 4 is 11.9 Å². The van der Waals surface area contributed by atoms with Gasteiger partial charge in [0.2, 0.25) is 5.91 Å². The Morgan fingerprint density at radius 3 is 2.17 bits per heavy atom. The molecule has 0 bridgehead atoms. The first-order valence-corrected chi connectivity index (χ1v) is 3.92. The summed E-state index contributed by atoms with van der Waals surface area (Å²) in [5.74, 6) is -1.51. The molecular formula is C8H15NO3. The van der Waals surface area contributed by atoms with Crippen LogP contribution in [-0.4, -0.2) is 23.5 Å². The van der Waals surface area contributed by atoms with Crippen LogP contribution in [0.5, 0.6) is 0 Å². The zero-order valence-electron chi connectivity index (χ0n) is 7.63. The monoisotopic (exact) mass is 173 g/mol. The van der Waals surface area contributed by atoms with Crippen LogP contribution >= 0.6 is 0 Å². The molecule has 2 N–H and O–H groups in total. The fraction of sp³-hybridized carbons (Fsp3) is 0.750. The fourth-order valence-electron chi connectivity index (χ4n) is 0.862. The van der Waals surface area contributed by atoms with E-state index in [2.05, 4.69) is 5.32 Å². The summed E-state index contributed by atoms with van der Waals surface area (Å²) in [7, 11) is 0. The van der Waals surface area contributed by atoms with E-state index in [9.17, 15) is 9.59 Å². The number of carbonyl (C=O) groups is 2. The molecule has 0 spiro atoms. The molecule has 1 unspecified atom stereocenters. The Hall–Kier alpha value is -1.06. The highest BCUT2D eigenvalue weighted by Crippen LogP contribution is 2.09. The smallest absolute Gasteiger partial charge is 0.308 e. The summed E-state index contributed by atoms with van der Waals surface area (Å²) in [6, 6.07) is 0. The molecule has 4 heteroatoms. The van der Waals surface area contributed by atoms with Crippen LogP contribution < -0.4 is 5.32 Å². The van der Waals surface area contributed by atoms with Gasteiger partial charge in [0.15, 0.2) is 0 Å². The molecule has 0 saturated carbocycles. The minimum absolute atomic E-state index is 0.0364. The van der Waals surface area contributed by atoms with Gasteiger partial charge in [-0.05, 0) is 5.92 Å². The molecule has 4 nitrogen and oxygen atoms in total. The van der Waals surface area contributed by atoms with Gasteiger partial charge in [-0.1, -0.05) is 13.8 Å². The molecule has 0 aromatic rings. The maximum atomic E-state index is 10.6. The number of rotatable bonds is 4. The van der Waals surface area contributed by atoms with E-state index < -0.39 is 11.9 Å². The number of carbonyl (C=O) groups excluding carboxylic acids is 1. The second-order valence-corrected chi connectivity index (χ2v) is 3.13. The number of carboxylic acids is 1. The molecule has 0 aromatic carbocycles. The number of nitrogens with one attached hydrogen (secondary N) is 1. The van der Waals surface area contributed by atoms with Gasteiger partial charge < -0.3 is 10.4 Å². The Kier molecular flexibility index (Phi) is 4.33. The molecule has 0 aliphatic heterocycles. The van der Waals surface area contributed by atoms with Crippen LogP contribution in [-0.2, 0) is 9.59 Å². The van der Waals surface area contributed by atoms with Crippen LogP contribution in [0.3, 0.4) is 0 Å². The molecular weight excluding hydrogens is 158 g/mol. The van der Waals surface area contributed by atoms with E-state index in [1.165, 1.54) is 6.92 Å². The molecule has 0 rings (SSSR count). The fourth-order valence-corrected chi connectivity index (χ4v) is 0.862. The molecule has 1 amide bonds. The minimum atomic E-state index is -0.862. The summed E-state index contributed by atoms with van der Waals surface area (Å²) in [5, 5.41) is 11.2. The topological polar surface area (TPSA) is 66.4 Å². The first kappa shape index (κ1) is 10.9. The van der Waals surface area contributed by atoms with Crippen LogP contribution in [0, 0.1) is 11.8 Å². The predicted molar refractivity (Wildman–Crippen MR) is 44.6 cm³/mol. The third-order valence-electron chi connectivity index (χ3n) is 1.69. The molecule has 70 valence electrons. The van der Waals surface area contributed by atoms with Gasteiger partial charge >= 0.3 is 5.97 Å². The first-order chi connectivity index (χ1) is 5.45. The zero-order valence-corrected chi connectivity index (χ0v) is 7.63. The summed E-state index contributed by atoms with van der Waals surface area (Å²) < 4.78 is 0. The molecule has 0 saturated heterocycles. The molecule has 0 heterocycles. The van der Waals surface area contributed by atoms with Gasteiger partial charge in [0.1, 0.15) is 0 Å². The maximum Gasteiger partial charge on any atom is 0.308 e. The summed E-state index contributed by atoms with van der Waals surface area (Å²) >= 11 is 0. The van der Waals surface area contributed by atoms with Gasteiger partial charge in [0, 0.05) is 13.5 Å². The lowest BCUT2D eigenvalue weighted by Gasteiger charge is -2.15. The van der Waals surface area contributed by atoms with Crippen LogP contribution in [0.4, 0.5) is 0 Å². The van der Waals surface area contributed by atoms with Crippen molar-refractivity contribution < 1.29 is 14.7 Å². The molecule has 0 aliphatic rings. The number of aliphatic carboxylic acids is 1. The first-order valence-electron chi connectivity index (χ1n) is 3.92. The summed E-state index contributed by atoms with van der Waals surface area (Å²) in [6.07, 6.45) is 0. The van der Waals surface area contributed by atoms with Crippen molar-refractivity contribution in [3.05, 3.63) is 0 Å². The third-order valence-corrected chi connectivity index (χ3v) is 1.69. The predicted octanol–water partition coefficient (Wildman–Crippen LogP) is 0.479. The normalized spacial score (nSPS) is 12.7. The van der Waals surface area contributed by atoms with Crippen molar-refractivity contribution in [3.63, 3.8) is 0 Å². The van der Waals surface area contributed by atoms with Crippen LogP contribution in [0.15, 0.2) is 0 Å². The molecule has 0 fully saturated rings. The van der Waals surface area contributed by atoms with Gasteiger partial charge in [0.05, 0.1) is 5.92 Å². The van der Waals surface area contributed by atoms with Crippen molar-refractivity contribution in [1.29, 1.82) is 0 Å². The lowest BCUT2D eigenvalue weighted by molar-refractivity contribution is -0.143. The molecule has 0 aliphatic carbocycles. The van der Waals surface area contributed by atoms with Crippen molar-refractivity contribution in [2.45, 2.75) is 20.8 Å². The maximum absolute atomic E-state index is 10.6. The van der Waals surface area contributed by atoms with Crippen LogP contribution in [0.25, 0.3) is 0 Å². The van der Waals surface area contributed by atoms with E-state index >= 15 is 0 Å². The Labute approximate surface area is 72.0 Å². The average molecular weight is 173 g/mol. The SMILES string of the molecule is CC(=O)NCC(C(=O)O)C(C)C. The Morgan fingerprint density at radius 2 is 1.92 bits per heavy atom. The standard InChI is InChI=1S/C8H15NO3/c1-5(2)7(8(11)12)4-9-6(3)10/h5,7H,4H2,1-3H3,(H,9,10)(H,11,12). The minimum Gasteiger partial charge on any atom is -0.481 e. The van der Waals surface area contributed by atoms with E-state index in [0.717, 1.165) is 0 Å². The van der Waals surface area contributed by atoms with Gasteiger partial charge in [-0.3, -0.25) is 9.59 Å². The highest BCUT2D eigenvalue weighted by atomic mass is 16.4. The van der Waals surface area contributed by atoms with Gasteiger partial charge in [-0.25, -0.2) is 0 Å². The molecule has 12 heavy (non-hydrogen) atoms. The molecule has 0 radical (unpaired) electrons. The van der Waals surface area contributed by atoms with Crippen molar-refractivity contribution in [1.82, 2.24) is 5.32 Å². The van der Waals surface area contributed by atoms with E-state index in [1.54, 1.807) is 0 Å². The van der Waals surface area contributed by atoms with Crippen LogP contribution in [0.1, 0.15) is 20.8 Å². The number of carboxylic acid groups (broad SMARTS) is 1. The summed E-state index contributed by atoms with van der Waals surface area (Å²) in [4.78, 5) is 21.1. The van der Waals surface area contributed by atoms with Gasteiger partial charge in [-0.2, -0.15) is 0 Å². The zero-order chi connectivity index (χ0) is 9.72. The number of hydrogen-bond donors (Lipinski definition) is 2. The lowest BCUT2D eigenvalue weighted by atomic mass is 9.96. The van der Waals surface area contributed by atoms with E-state index in [4.69, 9.17) is 5.11 Å². The van der Waals surface area contributed by atoms with Crippen molar-refractivity contribution in [2.24, 2.45) is 11.8 Å². The highest BCUT2D eigenvalue weighted by molar-refractivity contribution is 5.75. The lowest BCUT2D eigenvalue weighted by Crippen LogP contribution is -2.34. The van der Waals surface area contributed by atoms with Crippen LogP contribution in [0.2, 0.25) is 0 Å². The Morgan fingerprint density at radius 1 is 1.42 bits per heavy atom. The van der Waals surface area contributed by atoms with Gasteiger partial charge in [-0.15, -0.1) is 0 Å². The third kappa shape index (κ3) is 3.95. The van der Waals surface area contributed by atoms with Gasteiger partial charge in [0.25, 0.3) is 0 Å². The number of amides is 1. The average Bonchev–Trinajstić information content (AvgIpc) is 1.84. The van der Waals surface area contributed by atoms with E-state index in [0.29, 0.717) is 0 Å². The van der Waals surface area contributed by atoms with Crippen molar-refractivity contribution in [3.8, 4) is 0 Å². The van der Waals surface area contributed by atoms with E-state index in [1.807, 2.05) is 13.8 Å². The summed E-state index contributed by atoms with van der Waals surface area (Å²) in [5.41, 5.74) is 0. The number of hydrogen-bond acceptors (Lipinski definition) is 2. The summed E-state index contributed by atoms with van der Waals surface area (Å²) in [6.45, 7) is 5.22. The largest absolute Gasteiger partial charge is 0.481 e. The quantitative estimate of drug-likeness (QED) is 0.649. The van der Waals surface area contributed by atoms with E-state index in [-0.39, 0.29) is 18.4 Å². The Balaban J connectivity index is 3.97. The highest BCUT2D eigenvalue weighted by Gasteiger charge is 2.20. The second kappa shape index (κ2) is 4.74.